The van der Waals surface area contributed by atoms with Crippen molar-refractivity contribution in [2.45, 2.75) is 0 Å². The van der Waals surface area contributed by atoms with E-state index >= 15 is 0 Å². The van der Waals surface area contributed by atoms with Gasteiger partial charge in [0.1, 0.15) is 0 Å². The van der Waals surface area contributed by atoms with Gasteiger partial charge in [-0.15, -0.1) is 0 Å². The van der Waals surface area contributed by atoms with Gasteiger partial charge in [-0.2, -0.15) is 0 Å². The van der Waals surface area contributed by atoms with Crippen LogP contribution in [0.2, 0.25) is 10.0 Å². The molecule has 2 aromatic carbocycles. The Morgan fingerprint density at radius 1 is 1.05 bits per heavy atom. The standard InChI is InChI=1S/C16H13Cl2N3O/c17-12-7-4-8-13(18)14(12)21(16-19-9-10-20-16)15(22)11-5-2-1-3-6-11/h1-8H,9-10H2,(H,19,20). The van der Waals surface area contributed by atoms with Gasteiger partial charge in [0, 0.05) is 12.1 Å². The molecule has 4 nitrogen and oxygen atoms in total. The number of rotatable bonds is 2. The molecule has 0 radical (unpaired) electrons. The Kier molecular flexibility index (Phi) is 4.32. The molecule has 0 bridgehead atoms. The highest BCUT2D eigenvalue weighted by Crippen LogP contribution is 2.34. The monoisotopic (exact) mass is 333 g/mol. The summed E-state index contributed by atoms with van der Waals surface area (Å²) in [6.45, 7) is 1.28. The summed E-state index contributed by atoms with van der Waals surface area (Å²) in [5.41, 5.74) is 0.975. The predicted molar refractivity (Wildman–Crippen MR) is 90.0 cm³/mol. The predicted octanol–water partition coefficient (Wildman–Crippen LogP) is 3.60. The lowest BCUT2D eigenvalue weighted by atomic mass is 10.2. The summed E-state index contributed by atoms with van der Waals surface area (Å²) in [4.78, 5) is 18.7. The molecule has 0 saturated heterocycles. The summed E-state index contributed by atoms with van der Waals surface area (Å²) in [7, 11) is 0. The van der Waals surface area contributed by atoms with Crippen molar-refractivity contribution in [1.29, 1.82) is 0 Å². The summed E-state index contributed by atoms with van der Waals surface area (Å²) in [5, 5.41) is 3.89. The van der Waals surface area contributed by atoms with Crippen LogP contribution in [0.15, 0.2) is 53.5 Å². The smallest absolute Gasteiger partial charge is 0.265 e. The minimum absolute atomic E-state index is 0.233. The van der Waals surface area contributed by atoms with E-state index in [1.54, 1.807) is 30.3 Å². The van der Waals surface area contributed by atoms with Gasteiger partial charge in [0.15, 0.2) is 0 Å². The molecule has 1 aliphatic heterocycles. The first-order valence-corrected chi connectivity index (χ1v) is 7.56. The van der Waals surface area contributed by atoms with Crippen molar-refractivity contribution >= 4 is 40.8 Å². The van der Waals surface area contributed by atoms with E-state index in [0.717, 1.165) is 0 Å². The van der Waals surface area contributed by atoms with E-state index in [4.69, 9.17) is 23.2 Å². The van der Waals surface area contributed by atoms with E-state index in [0.29, 0.717) is 40.3 Å². The number of carbonyl (C=O) groups excluding carboxylic acids is 1. The van der Waals surface area contributed by atoms with Crippen molar-refractivity contribution in [3.63, 3.8) is 0 Å². The third-order valence-corrected chi connectivity index (χ3v) is 3.86. The Hall–Kier alpha value is -2.04. The summed E-state index contributed by atoms with van der Waals surface area (Å²) in [6.07, 6.45) is 0. The topological polar surface area (TPSA) is 44.7 Å². The molecule has 0 fully saturated rings. The Morgan fingerprint density at radius 2 is 1.73 bits per heavy atom. The number of benzene rings is 2. The molecule has 0 unspecified atom stereocenters. The fraction of sp³-hybridized carbons (Fsp3) is 0.125. The van der Waals surface area contributed by atoms with Crippen LogP contribution in [0.5, 0.6) is 0 Å². The van der Waals surface area contributed by atoms with Gasteiger partial charge in [-0.1, -0.05) is 47.5 Å². The van der Waals surface area contributed by atoms with Gasteiger partial charge in [0.25, 0.3) is 5.91 Å². The van der Waals surface area contributed by atoms with Crippen molar-refractivity contribution in [1.82, 2.24) is 5.32 Å². The second kappa shape index (κ2) is 6.38. The van der Waals surface area contributed by atoms with Crippen molar-refractivity contribution in [3.8, 4) is 0 Å². The minimum Gasteiger partial charge on any atom is -0.354 e. The molecule has 1 aliphatic rings. The van der Waals surface area contributed by atoms with Gasteiger partial charge >= 0.3 is 0 Å². The normalized spacial score (nSPS) is 13.5. The minimum atomic E-state index is -0.233. The molecule has 3 rings (SSSR count). The van der Waals surface area contributed by atoms with Crippen LogP contribution >= 0.6 is 23.2 Å². The van der Waals surface area contributed by atoms with E-state index in [1.165, 1.54) is 4.90 Å². The lowest BCUT2D eigenvalue weighted by molar-refractivity contribution is 0.100. The molecule has 22 heavy (non-hydrogen) atoms. The number of anilines is 1. The molecule has 0 atom stereocenters. The van der Waals surface area contributed by atoms with Crippen molar-refractivity contribution in [2.24, 2.45) is 4.99 Å². The van der Waals surface area contributed by atoms with Crippen LogP contribution in [0.3, 0.4) is 0 Å². The first-order valence-electron chi connectivity index (χ1n) is 6.80. The third-order valence-electron chi connectivity index (χ3n) is 3.25. The third kappa shape index (κ3) is 2.80. The zero-order chi connectivity index (χ0) is 15.5. The number of carbonyl (C=O) groups is 1. The average molecular weight is 334 g/mol. The van der Waals surface area contributed by atoms with E-state index in [9.17, 15) is 4.79 Å². The number of nitrogens with one attached hydrogen (secondary N) is 1. The molecule has 1 amide bonds. The second-order valence-corrected chi connectivity index (χ2v) is 5.52. The van der Waals surface area contributed by atoms with Gasteiger partial charge in [-0.25, -0.2) is 4.90 Å². The molecular formula is C16H13Cl2N3O. The van der Waals surface area contributed by atoms with E-state index in [-0.39, 0.29) is 5.91 Å². The highest BCUT2D eigenvalue weighted by atomic mass is 35.5. The van der Waals surface area contributed by atoms with Crippen LogP contribution in [0.4, 0.5) is 5.69 Å². The number of hydrogen-bond donors (Lipinski definition) is 1. The molecule has 1 N–H and O–H groups in total. The van der Waals surface area contributed by atoms with E-state index in [2.05, 4.69) is 10.3 Å². The first kappa shape index (κ1) is 14.9. The molecular weight excluding hydrogens is 321 g/mol. The molecule has 112 valence electrons. The number of aliphatic imine (C=N–C) groups is 1. The number of nitrogens with zero attached hydrogens (tertiary/aromatic N) is 2. The molecule has 0 saturated carbocycles. The Bertz CT molecular complexity index is 711. The fourth-order valence-electron chi connectivity index (χ4n) is 2.25. The highest BCUT2D eigenvalue weighted by Gasteiger charge is 2.28. The Labute approximate surface area is 138 Å². The van der Waals surface area contributed by atoms with Crippen LogP contribution in [0, 0.1) is 0 Å². The number of para-hydroxylation sites is 1. The summed E-state index contributed by atoms with van der Waals surface area (Å²) < 4.78 is 0. The van der Waals surface area contributed by atoms with Gasteiger partial charge in [-0.3, -0.25) is 9.79 Å². The van der Waals surface area contributed by atoms with Gasteiger partial charge < -0.3 is 5.32 Å². The maximum atomic E-state index is 12.9. The Balaban J connectivity index is 2.11. The maximum absolute atomic E-state index is 12.9. The Morgan fingerprint density at radius 3 is 2.32 bits per heavy atom. The van der Waals surface area contributed by atoms with Crippen LogP contribution < -0.4 is 10.2 Å². The quantitative estimate of drug-likeness (QED) is 0.912. The van der Waals surface area contributed by atoms with Crippen LogP contribution in [-0.4, -0.2) is 25.0 Å². The first-order chi connectivity index (χ1) is 10.7. The molecule has 0 spiro atoms. The molecule has 2 aromatic rings. The summed E-state index contributed by atoms with van der Waals surface area (Å²) in [6, 6.07) is 14.1. The number of hydrogen-bond acceptors (Lipinski definition) is 3. The largest absolute Gasteiger partial charge is 0.354 e. The van der Waals surface area contributed by atoms with Crippen LogP contribution in [-0.2, 0) is 0 Å². The summed E-state index contributed by atoms with van der Waals surface area (Å²) in [5.74, 6) is 0.229. The number of halogens is 2. The number of guanidine groups is 1. The van der Waals surface area contributed by atoms with Crippen molar-refractivity contribution < 1.29 is 4.79 Å². The second-order valence-electron chi connectivity index (χ2n) is 4.71. The lowest BCUT2D eigenvalue weighted by Crippen LogP contribution is -2.43. The molecule has 0 aliphatic carbocycles. The zero-order valence-electron chi connectivity index (χ0n) is 11.6. The van der Waals surface area contributed by atoms with Crippen molar-refractivity contribution in [3.05, 3.63) is 64.1 Å². The van der Waals surface area contributed by atoms with Crippen LogP contribution in [0.25, 0.3) is 0 Å². The van der Waals surface area contributed by atoms with Gasteiger partial charge in [0.05, 0.1) is 22.3 Å². The van der Waals surface area contributed by atoms with Gasteiger partial charge in [-0.05, 0) is 24.3 Å². The lowest BCUT2D eigenvalue weighted by Gasteiger charge is -2.24. The number of amides is 1. The van der Waals surface area contributed by atoms with E-state index in [1.807, 2.05) is 18.2 Å². The molecule has 1 heterocycles. The van der Waals surface area contributed by atoms with Crippen molar-refractivity contribution in [2.75, 3.05) is 18.0 Å². The fourth-order valence-corrected chi connectivity index (χ4v) is 2.82. The molecule has 0 aromatic heterocycles. The maximum Gasteiger partial charge on any atom is 0.265 e. The molecule has 6 heteroatoms. The van der Waals surface area contributed by atoms with Gasteiger partial charge in [0.2, 0.25) is 5.96 Å². The van der Waals surface area contributed by atoms with Crippen LogP contribution in [0.1, 0.15) is 10.4 Å². The average Bonchev–Trinajstić information content (AvgIpc) is 3.05. The SMILES string of the molecule is O=C(c1ccccc1)N(C1=NCCN1)c1c(Cl)cccc1Cl. The summed E-state index contributed by atoms with van der Waals surface area (Å²) >= 11 is 12.5. The van der Waals surface area contributed by atoms with E-state index < -0.39 is 0 Å². The zero-order valence-corrected chi connectivity index (χ0v) is 13.1. The highest BCUT2D eigenvalue weighted by molar-refractivity contribution is 6.42.